The first-order valence-corrected chi connectivity index (χ1v) is 10.5. The van der Waals surface area contributed by atoms with Gasteiger partial charge in [-0.05, 0) is 62.7 Å². The van der Waals surface area contributed by atoms with Crippen LogP contribution in [0.25, 0.3) is 11.1 Å². The molecule has 0 saturated carbocycles. The summed E-state index contributed by atoms with van der Waals surface area (Å²) in [5.74, 6) is -0.473. The quantitative estimate of drug-likeness (QED) is 0.699. The fourth-order valence-corrected chi connectivity index (χ4v) is 4.11. The Morgan fingerprint density at radius 2 is 1.91 bits per heavy atom. The number of carbonyl (C=O) groups is 2. The Hall–Kier alpha value is -3.45. The third-order valence-electron chi connectivity index (χ3n) is 5.74. The highest BCUT2D eigenvalue weighted by molar-refractivity contribution is 6.32. The monoisotopic (exact) mass is 436 g/mol. The number of amides is 2. The molecule has 0 aromatic heterocycles. The van der Waals surface area contributed by atoms with E-state index in [4.69, 9.17) is 9.84 Å². The van der Waals surface area contributed by atoms with Gasteiger partial charge in [-0.2, -0.15) is 0 Å². The summed E-state index contributed by atoms with van der Waals surface area (Å²) in [5.41, 5.74) is 2.96. The van der Waals surface area contributed by atoms with Crippen LogP contribution >= 0.6 is 0 Å². The van der Waals surface area contributed by atoms with Crippen LogP contribution in [0, 0.1) is 5.82 Å². The number of rotatable bonds is 5. The summed E-state index contributed by atoms with van der Waals surface area (Å²) in [4.78, 5) is 26.8. The van der Waals surface area contributed by atoms with Gasteiger partial charge in [0.05, 0.1) is 17.9 Å². The number of anilines is 1. The van der Waals surface area contributed by atoms with Gasteiger partial charge in [0.15, 0.2) is 0 Å². The predicted octanol–water partition coefficient (Wildman–Crippen LogP) is 3.84. The smallest absolute Gasteiger partial charge is 0.260 e. The molecule has 166 valence electrons. The third kappa shape index (κ3) is 3.80. The van der Waals surface area contributed by atoms with Crippen LogP contribution in [0.15, 0.2) is 54.3 Å². The number of aliphatic hydroxyl groups excluding tert-OH is 1. The predicted molar refractivity (Wildman–Crippen MR) is 120 cm³/mol. The van der Waals surface area contributed by atoms with E-state index in [2.05, 4.69) is 5.32 Å². The van der Waals surface area contributed by atoms with Gasteiger partial charge in [-0.25, -0.2) is 4.39 Å². The SMILES string of the molecule is CCN(CCO)C(=O)c1ccc(C2=CC(=C3C(=O)Nc4cc(F)ccc43)OC2(C)C)cc1. The molecule has 2 aliphatic heterocycles. The van der Waals surface area contributed by atoms with Crippen molar-refractivity contribution in [1.82, 2.24) is 4.90 Å². The Morgan fingerprint density at radius 1 is 1.19 bits per heavy atom. The van der Waals surface area contributed by atoms with Crippen LogP contribution < -0.4 is 5.32 Å². The molecule has 0 unspecified atom stereocenters. The van der Waals surface area contributed by atoms with Gasteiger partial charge in [0.1, 0.15) is 17.2 Å². The number of hydrogen-bond donors (Lipinski definition) is 2. The molecule has 6 nitrogen and oxygen atoms in total. The van der Waals surface area contributed by atoms with Crippen LogP contribution in [0.3, 0.4) is 0 Å². The van der Waals surface area contributed by atoms with Gasteiger partial charge in [-0.3, -0.25) is 9.59 Å². The van der Waals surface area contributed by atoms with Crippen molar-refractivity contribution in [2.45, 2.75) is 26.4 Å². The van der Waals surface area contributed by atoms with E-state index in [0.717, 1.165) is 11.1 Å². The number of nitrogens with one attached hydrogen (secondary N) is 1. The molecule has 0 atom stereocenters. The Bertz CT molecular complexity index is 1150. The summed E-state index contributed by atoms with van der Waals surface area (Å²) in [5, 5.41) is 11.8. The highest BCUT2D eigenvalue weighted by Crippen LogP contribution is 2.44. The van der Waals surface area contributed by atoms with Crippen molar-refractivity contribution < 1.29 is 23.8 Å². The lowest BCUT2D eigenvalue weighted by Crippen LogP contribution is -2.33. The summed E-state index contributed by atoms with van der Waals surface area (Å²) < 4.78 is 19.7. The molecule has 2 heterocycles. The van der Waals surface area contributed by atoms with Gasteiger partial charge in [-0.15, -0.1) is 0 Å². The topological polar surface area (TPSA) is 78.9 Å². The molecule has 0 saturated heterocycles. The normalized spacial score (nSPS) is 18.7. The molecule has 7 heteroatoms. The molecule has 0 bridgehead atoms. The zero-order chi connectivity index (χ0) is 23.0. The lowest BCUT2D eigenvalue weighted by atomic mass is 9.91. The van der Waals surface area contributed by atoms with Crippen molar-refractivity contribution in [3.8, 4) is 0 Å². The van der Waals surface area contributed by atoms with Crippen molar-refractivity contribution in [2.75, 3.05) is 25.0 Å². The zero-order valence-corrected chi connectivity index (χ0v) is 18.2. The first-order chi connectivity index (χ1) is 15.2. The number of likely N-dealkylation sites (N-methyl/N-ethyl adjacent to an activating group) is 1. The van der Waals surface area contributed by atoms with Gasteiger partial charge < -0.3 is 20.1 Å². The van der Waals surface area contributed by atoms with Crippen molar-refractivity contribution in [1.29, 1.82) is 0 Å². The molecule has 0 fully saturated rings. The molecule has 4 rings (SSSR count). The highest BCUT2D eigenvalue weighted by atomic mass is 19.1. The maximum atomic E-state index is 13.6. The van der Waals surface area contributed by atoms with Crippen LogP contribution in [0.2, 0.25) is 0 Å². The summed E-state index contributed by atoms with van der Waals surface area (Å²) in [6, 6.07) is 11.4. The second-order valence-corrected chi connectivity index (χ2v) is 8.24. The second kappa shape index (κ2) is 8.24. The Kier molecular flexibility index (Phi) is 5.60. The van der Waals surface area contributed by atoms with E-state index < -0.39 is 11.4 Å². The summed E-state index contributed by atoms with van der Waals surface area (Å²) in [6.07, 6.45) is 1.83. The van der Waals surface area contributed by atoms with Gasteiger partial charge >= 0.3 is 0 Å². The number of benzene rings is 2. The number of halogens is 1. The lowest BCUT2D eigenvalue weighted by Gasteiger charge is -2.24. The maximum Gasteiger partial charge on any atom is 0.260 e. The van der Waals surface area contributed by atoms with Crippen molar-refractivity contribution >= 4 is 28.6 Å². The van der Waals surface area contributed by atoms with E-state index in [1.54, 1.807) is 23.1 Å². The van der Waals surface area contributed by atoms with Crippen molar-refractivity contribution in [3.63, 3.8) is 0 Å². The van der Waals surface area contributed by atoms with Gasteiger partial charge in [0, 0.05) is 29.8 Å². The van der Waals surface area contributed by atoms with Crippen LogP contribution in [0.5, 0.6) is 0 Å². The molecule has 2 aromatic carbocycles. The molecular formula is C25H25FN2O4. The number of fused-ring (bicyclic) bond motifs is 1. The fraction of sp³-hybridized carbons (Fsp3) is 0.280. The Morgan fingerprint density at radius 3 is 2.56 bits per heavy atom. The van der Waals surface area contributed by atoms with Crippen LogP contribution in [0.1, 0.15) is 42.3 Å². The number of aliphatic hydroxyl groups is 1. The molecular weight excluding hydrogens is 411 g/mol. The molecule has 32 heavy (non-hydrogen) atoms. The number of ether oxygens (including phenoxy) is 1. The summed E-state index contributed by atoms with van der Waals surface area (Å²) >= 11 is 0. The first kappa shape index (κ1) is 21.8. The van der Waals surface area contributed by atoms with E-state index >= 15 is 0 Å². The molecule has 0 spiro atoms. The molecule has 2 N–H and O–H groups in total. The third-order valence-corrected chi connectivity index (χ3v) is 5.74. The summed E-state index contributed by atoms with van der Waals surface area (Å²) in [7, 11) is 0. The van der Waals surface area contributed by atoms with Gasteiger partial charge in [-0.1, -0.05) is 12.1 Å². The van der Waals surface area contributed by atoms with E-state index in [1.807, 2.05) is 39.0 Å². The number of nitrogens with zero attached hydrogens (tertiary/aromatic N) is 1. The lowest BCUT2D eigenvalue weighted by molar-refractivity contribution is -0.111. The van der Waals surface area contributed by atoms with Crippen LogP contribution in [-0.2, 0) is 9.53 Å². The van der Waals surface area contributed by atoms with Gasteiger partial charge in [0.25, 0.3) is 11.8 Å². The number of hydrogen-bond acceptors (Lipinski definition) is 4. The molecule has 0 aliphatic carbocycles. The van der Waals surface area contributed by atoms with E-state index in [9.17, 15) is 14.0 Å². The van der Waals surface area contributed by atoms with Crippen LogP contribution in [0.4, 0.5) is 10.1 Å². The van der Waals surface area contributed by atoms with E-state index in [0.29, 0.717) is 34.7 Å². The van der Waals surface area contributed by atoms with Gasteiger partial charge in [0.2, 0.25) is 0 Å². The average Bonchev–Trinajstić information content (AvgIpc) is 3.25. The molecule has 0 radical (unpaired) electrons. The summed E-state index contributed by atoms with van der Waals surface area (Å²) in [6.45, 7) is 6.39. The standard InChI is InChI=1S/C25H25FN2O4/c1-4-28(11-12-29)24(31)16-7-5-15(6-8-16)19-14-21(32-25(19,2)3)22-18-10-9-17(26)13-20(18)27-23(22)30/h5-10,13-14,29H,4,11-12H2,1-3H3,(H,27,30). The van der Waals surface area contributed by atoms with E-state index in [1.165, 1.54) is 12.1 Å². The first-order valence-electron chi connectivity index (χ1n) is 10.5. The molecule has 2 aromatic rings. The minimum Gasteiger partial charge on any atom is -0.482 e. The largest absolute Gasteiger partial charge is 0.482 e. The number of carbonyl (C=O) groups excluding carboxylic acids is 2. The van der Waals surface area contributed by atoms with E-state index in [-0.39, 0.29) is 25.0 Å². The van der Waals surface area contributed by atoms with Crippen molar-refractivity contribution in [3.05, 3.63) is 76.8 Å². The van der Waals surface area contributed by atoms with Crippen molar-refractivity contribution in [2.24, 2.45) is 0 Å². The Labute approximate surface area is 186 Å². The molecule has 2 amide bonds. The number of allylic oxidation sites excluding steroid dienone is 1. The minimum absolute atomic E-state index is 0.0864. The highest BCUT2D eigenvalue weighted by Gasteiger charge is 2.38. The zero-order valence-electron chi connectivity index (χ0n) is 18.2. The average molecular weight is 436 g/mol. The maximum absolute atomic E-state index is 13.6. The second-order valence-electron chi connectivity index (χ2n) is 8.24. The Balaban J connectivity index is 1.69. The molecule has 2 aliphatic rings. The van der Waals surface area contributed by atoms with Crippen LogP contribution in [-0.4, -0.2) is 47.1 Å². The minimum atomic E-state index is -0.705. The fourth-order valence-electron chi connectivity index (χ4n) is 4.11.